The first-order valence-electron chi connectivity index (χ1n) is 5.99. The third-order valence-electron chi connectivity index (χ3n) is 3.19. The standard InChI is InChI=1S/C12H19N3OS/c1-9-8-11(13-14(9)3)12(16)15-5-4-10(2)17-7-6-15/h8,10H,4-7H2,1-3H3. The van der Waals surface area contributed by atoms with Crippen molar-refractivity contribution in [3.8, 4) is 0 Å². The molecule has 1 unspecified atom stereocenters. The molecule has 17 heavy (non-hydrogen) atoms. The van der Waals surface area contributed by atoms with Gasteiger partial charge in [0.2, 0.25) is 0 Å². The molecule has 1 aliphatic heterocycles. The van der Waals surface area contributed by atoms with E-state index in [1.807, 2.05) is 36.7 Å². The van der Waals surface area contributed by atoms with Gasteiger partial charge in [-0.05, 0) is 19.4 Å². The third kappa shape index (κ3) is 2.83. The number of carbonyl (C=O) groups is 1. The van der Waals surface area contributed by atoms with Gasteiger partial charge >= 0.3 is 0 Å². The molecule has 2 rings (SSSR count). The summed E-state index contributed by atoms with van der Waals surface area (Å²) < 4.78 is 1.75. The third-order valence-corrected chi connectivity index (χ3v) is 4.41. The Morgan fingerprint density at radius 3 is 2.94 bits per heavy atom. The first kappa shape index (κ1) is 12.5. The van der Waals surface area contributed by atoms with Gasteiger partial charge in [0.05, 0.1) is 0 Å². The summed E-state index contributed by atoms with van der Waals surface area (Å²) in [5.41, 5.74) is 1.59. The van der Waals surface area contributed by atoms with E-state index in [1.165, 1.54) is 0 Å². The second-order valence-electron chi connectivity index (χ2n) is 4.56. The Hall–Kier alpha value is -0.970. The van der Waals surface area contributed by atoms with Crippen LogP contribution in [0.4, 0.5) is 0 Å². The maximum Gasteiger partial charge on any atom is 0.274 e. The lowest BCUT2D eigenvalue weighted by Gasteiger charge is -2.18. The summed E-state index contributed by atoms with van der Waals surface area (Å²) in [5, 5.41) is 4.90. The molecule has 4 nitrogen and oxygen atoms in total. The predicted octanol–water partition coefficient (Wildman–Crippen LogP) is 1.70. The van der Waals surface area contributed by atoms with Gasteiger partial charge in [-0.2, -0.15) is 16.9 Å². The van der Waals surface area contributed by atoms with E-state index < -0.39 is 0 Å². The molecule has 0 aromatic carbocycles. The number of nitrogens with zero attached hydrogens (tertiary/aromatic N) is 3. The number of aryl methyl sites for hydroxylation is 2. The Kier molecular flexibility index (Phi) is 3.76. The van der Waals surface area contributed by atoms with Gasteiger partial charge in [-0.1, -0.05) is 6.92 Å². The van der Waals surface area contributed by atoms with Crippen molar-refractivity contribution in [1.82, 2.24) is 14.7 Å². The fraction of sp³-hybridized carbons (Fsp3) is 0.667. The summed E-state index contributed by atoms with van der Waals surface area (Å²) in [5.74, 6) is 1.10. The molecule has 1 atom stereocenters. The predicted molar refractivity (Wildman–Crippen MR) is 70.4 cm³/mol. The first-order valence-corrected chi connectivity index (χ1v) is 7.04. The van der Waals surface area contributed by atoms with E-state index in [-0.39, 0.29) is 5.91 Å². The molecule has 1 aromatic rings. The van der Waals surface area contributed by atoms with E-state index in [2.05, 4.69) is 12.0 Å². The van der Waals surface area contributed by atoms with Crippen molar-refractivity contribution in [2.45, 2.75) is 25.5 Å². The minimum Gasteiger partial charge on any atom is -0.336 e. The van der Waals surface area contributed by atoms with Crippen molar-refractivity contribution < 1.29 is 4.79 Å². The highest BCUT2D eigenvalue weighted by atomic mass is 32.2. The second kappa shape index (κ2) is 5.12. The van der Waals surface area contributed by atoms with Gasteiger partial charge in [-0.3, -0.25) is 9.48 Å². The van der Waals surface area contributed by atoms with E-state index in [1.54, 1.807) is 4.68 Å². The molecule has 1 aliphatic rings. The van der Waals surface area contributed by atoms with Crippen LogP contribution >= 0.6 is 11.8 Å². The average molecular weight is 253 g/mol. The fourth-order valence-electron chi connectivity index (χ4n) is 1.93. The Morgan fingerprint density at radius 2 is 2.29 bits per heavy atom. The Labute approximate surface area is 106 Å². The highest BCUT2D eigenvalue weighted by molar-refractivity contribution is 7.99. The van der Waals surface area contributed by atoms with Crippen LogP contribution in [-0.4, -0.2) is 44.7 Å². The molecule has 5 heteroatoms. The Morgan fingerprint density at radius 1 is 1.53 bits per heavy atom. The van der Waals surface area contributed by atoms with E-state index in [4.69, 9.17) is 0 Å². The smallest absolute Gasteiger partial charge is 0.274 e. The molecule has 0 saturated carbocycles. The monoisotopic (exact) mass is 253 g/mol. The molecule has 0 radical (unpaired) electrons. The van der Waals surface area contributed by atoms with Crippen molar-refractivity contribution in [3.63, 3.8) is 0 Å². The van der Waals surface area contributed by atoms with E-state index in [0.29, 0.717) is 10.9 Å². The van der Waals surface area contributed by atoms with Crippen LogP contribution in [0.3, 0.4) is 0 Å². The maximum atomic E-state index is 12.3. The molecule has 0 bridgehead atoms. The summed E-state index contributed by atoms with van der Waals surface area (Å²) in [4.78, 5) is 14.2. The van der Waals surface area contributed by atoms with Gasteiger partial charge in [-0.25, -0.2) is 0 Å². The van der Waals surface area contributed by atoms with Crippen LogP contribution in [0.2, 0.25) is 0 Å². The summed E-state index contributed by atoms with van der Waals surface area (Å²) in [6, 6.07) is 1.86. The molecule has 1 aromatic heterocycles. The Balaban J connectivity index is 2.09. The molecule has 0 spiro atoms. The van der Waals surface area contributed by atoms with E-state index in [9.17, 15) is 4.79 Å². The van der Waals surface area contributed by atoms with Crippen molar-refractivity contribution in [1.29, 1.82) is 0 Å². The number of aromatic nitrogens is 2. The van der Waals surface area contributed by atoms with E-state index >= 15 is 0 Å². The van der Waals surface area contributed by atoms with Gasteiger partial charge in [0.1, 0.15) is 0 Å². The van der Waals surface area contributed by atoms with E-state index in [0.717, 1.165) is 31.0 Å². The summed E-state index contributed by atoms with van der Waals surface area (Å²) in [7, 11) is 1.87. The van der Waals surface area contributed by atoms with Crippen LogP contribution in [0, 0.1) is 6.92 Å². The highest BCUT2D eigenvalue weighted by Gasteiger charge is 2.22. The zero-order valence-corrected chi connectivity index (χ0v) is 11.5. The summed E-state index contributed by atoms with van der Waals surface area (Å²) in [6.45, 7) is 5.87. The normalized spacial score (nSPS) is 21.4. The molecule has 1 fully saturated rings. The minimum atomic E-state index is 0.0726. The molecule has 1 saturated heterocycles. The van der Waals surface area contributed by atoms with Crippen molar-refractivity contribution >= 4 is 17.7 Å². The molecule has 0 N–H and O–H groups in total. The molecule has 1 amide bonds. The lowest BCUT2D eigenvalue weighted by molar-refractivity contribution is 0.0760. The lowest BCUT2D eigenvalue weighted by atomic mass is 10.2. The van der Waals surface area contributed by atoms with Crippen molar-refractivity contribution in [3.05, 3.63) is 17.5 Å². The quantitative estimate of drug-likeness (QED) is 0.764. The number of carbonyl (C=O) groups excluding carboxylic acids is 1. The fourth-order valence-corrected chi connectivity index (χ4v) is 2.93. The first-order chi connectivity index (χ1) is 8.08. The maximum absolute atomic E-state index is 12.3. The number of hydrogen-bond acceptors (Lipinski definition) is 3. The van der Waals surface area contributed by atoms with Gasteiger partial charge < -0.3 is 4.90 Å². The molecular weight excluding hydrogens is 234 g/mol. The topological polar surface area (TPSA) is 38.1 Å². The van der Waals surface area contributed by atoms with Crippen LogP contribution in [0.1, 0.15) is 29.5 Å². The van der Waals surface area contributed by atoms with Crippen LogP contribution in [-0.2, 0) is 7.05 Å². The molecule has 0 aliphatic carbocycles. The second-order valence-corrected chi connectivity index (χ2v) is 6.10. The highest BCUT2D eigenvalue weighted by Crippen LogP contribution is 2.19. The number of thioether (sulfide) groups is 1. The Bertz CT molecular complexity index is 396. The van der Waals surface area contributed by atoms with Crippen molar-refractivity contribution in [2.24, 2.45) is 7.05 Å². The summed E-state index contributed by atoms with van der Waals surface area (Å²) in [6.07, 6.45) is 1.07. The largest absolute Gasteiger partial charge is 0.336 e. The number of amides is 1. The van der Waals surface area contributed by atoms with Gasteiger partial charge in [0, 0.05) is 36.8 Å². The number of hydrogen-bond donors (Lipinski definition) is 0. The molecule has 2 heterocycles. The number of rotatable bonds is 1. The van der Waals surface area contributed by atoms with Crippen LogP contribution in [0.25, 0.3) is 0 Å². The van der Waals surface area contributed by atoms with Crippen LogP contribution < -0.4 is 0 Å². The SMILES string of the molecule is Cc1cc(C(=O)N2CCSC(C)CC2)nn1C. The van der Waals surface area contributed by atoms with Gasteiger partial charge in [0.25, 0.3) is 5.91 Å². The zero-order valence-electron chi connectivity index (χ0n) is 10.6. The molecule has 94 valence electrons. The van der Waals surface area contributed by atoms with Crippen LogP contribution in [0.15, 0.2) is 6.07 Å². The van der Waals surface area contributed by atoms with Crippen LogP contribution in [0.5, 0.6) is 0 Å². The lowest BCUT2D eigenvalue weighted by Crippen LogP contribution is -2.33. The summed E-state index contributed by atoms with van der Waals surface area (Å²) >= 11 is 1.94. The minimum absolute atomic E-state index is 0.0726. The zero-order chi connectivity index (χ0) is 12.4. The molecular formula is C12H19N3OS. The average Bonchev–Trinajstić information content (AvgIpc) is 2.51. The van der Waals surface area contributed by atoms with Gasteiger partial charge in [0.15, 0.2) is 5.69 Å². The van der Waals surface area contributed by atoms with Crippen molar-refractivity contribution in [2.75, 3.05) is 18.8 Å². The van der Waals surface area contributed by atoms with Gasteiger partial charge in [-0.15, -0.1) is 0 Å².